The minimum Gasteiger partial charge on any atom is -0.254 e. The molecule has 0 aromatic carbocycles. The van der Waals surface area contributed by atoms with E-state index in [0.29, 0.717) is 5.92 Å². The molecule has 17 heavy (non-hydrogen) atoms. The summed E-state index contributed by atoms with van der Waals surface area (Å²) in [6, 6.07) is 2.14. The van der Waals surface area contributed by atoms with E-state index in [2.05, 4.69) is 27.9 Å². The summed E-state index contributed by atoms with van der Waals surface area (Å²) >= 11 is 0. The van der Waals surface area contributed by atoms with Gasteiger partial charge < -0.3 is 0 Å². The molecule has 1 heterocycles. The van der Waals surface area contributed by atoms with Crippen LogP contribution in [0.15, 0.2) is 40.7 Å². The van der Waals surface area contributed by atoms with Crippen molar-refractivity contribution in [2.75, 3.05) is 7.05 Å². The van der Waals surface area contributed by atoms with E-state index in [-0.39, 0.29) is 0 Å². The lowest BCUT2D eigenvalue weighted by Crippen LogP contribution is -2.09. The van der Waals surface area contributed by atoms with Crippen LogP contribution in [0.2, 0.25) is 0 Å². The van der Waals surface area contributed by atoms with Gasteiger partial charge in [0.15, 0.2) is 0 Å². The van der Waals surface area contributed by atoms with Gasteiger partial charge in [-0.25, -0.2) is 0 Å². The van der Waals surface area contributed by atoms with Crippen molar-refractivity contribution in [1.29, 1.82) is 0 Å². The van der Waals surface area contributed by atoms with Crippen molar-refractivity contribution in [3.05, 3.63) is 47.3 Å². The molecule has 2 aliphatic carbocycles. The molecule has 1 unspecified atom stereocenters. The predicted octanol–water partition coefficient (Wildman–Crippen LogP) is 3.49. The van der Waals surface area contributed by atoms with Crippen LogP contribution in [0.3, 0.4) is 0 Å². The zero-order valence-electron chi connectivity index (χ0n) is 9.98. The van der Waals surface area contributed by atoms with Crippen LogP contribution < -0.4 is 0 Å². The molecule has 0 spiro atoms. The van der Waals surface area contributed by atoms with Gasteiger partial charge in [-0.05, 0) is 42.0 Å². The number of allylic oxidation sites excluding steroid dienone is 2. The van der Waals surface area contributed by atoms with E-state index >= 15 is 0 Å². The van der Waals surface area contributed by atoms with Crippen LogP contribution >= 0.6 is 0 Å². The second-order valence-corrected chi connectivity index (χ2v) is 4.49. The molecule has 3 rings (SSSR count). The molecule has 1 atom stereocenters. The highest BCUT2D eigenvalue weighted by atomic mass is 15.1. The summed E-state index contributed by atoms with van der Waals surface area (Å²) in [5.74, 6) is 0.445. The molecule has 86 valence electrons. The smallest absolute Gasteiger partial charge is 0.115 e. The first-order chi connectivity index (χ1) is 8.36. The summed E-state index contributed by atoms with van der Waals surface area (Å²) in [6.07, 6.45) is 7.37. The van der Waals surface area contributed by atoms with Crippen LogP contribution in [0.5, 0.6) is 0 Å². The summed E-state index contributed by atoms with van der Waals surface area (Å²) in [5, 5.41) is 8.17. The summed E-state index contributed by atoms with van der Waals surface area (Å²) in [6.45, 7) is 3.92. The summed E-state index contributed by atoms with van der Waals surface area (Å²) < 4.78 is 0. The highest BCUT2D eigenvalue weighted by molar-refractivity contribution is 5.78. The lowest BCUT2D eigenvalue weighted by Gasteiger charge is -2.22. The van der Waals surface area contributed by atoms with Gasteiger partial charge in [-0.1, -0.05) is 12.7 Å². The van der Waals surface area contributed by atoms with Crippen molar-refractivity contribution in [3.63, 3.8) is 0 Å². The lowest BCUT2D eigenvalue weighted by atomic mass is 9.82. The zero-order chi connectivity index (χ0) is 11.8. The Kier molecular flexibility index (Phi) is 2.39. The second-order valence-electron chi connectivity index (χ2n) is 4.49. The quantitative estimate of drug-likeness (QED) is 0.710. The maximum absolute atomic E-state index is 4.49. The molecule has 0 bridgehead atoms. The average Bonchev–Trinajstić information content (AvgIpc) is 2.67. The van der Waals surface area contributed by atoms with Crippen LogP contribution in [-0.2, 0) is 6.42 Å². The topological polar surface area (TPSA) is 37.6 Å². The van der Waals surface area contributed by atoms with Crippen molar-refractivity contribution < 1.29 is 0 Å². The second kappa shape index (κ2) is 3.91. The molecule has 0 saturated carbocycles. The minimum atomic E-state index is 0.445. The Morgan fingerprint density at radius 3 is 3.18 bits per heavy atom. The molecular formula is C14H15N3. The number of aromatic nitrogens is 1. The van der Waals surface area contributed by atoms with Crippen LogP contribution in [-0.4, -0.2) is 12.0 Å². The first-order valence-electron chi connectivity index (χ1n) is 6.01. The summed E-state index contributed by atoms with van der Waals surface area (Å²) in [4.78, 5) is 4.49. The van der Waals surface area contributed by atoms with Gasteiger partial charge in [-0.15, -0.1) is 0 Å². The molecule has 2 aliphatic rings. The standard InChI is InChI=1S/C14H15N3/c1-3-10-11-6-4-5-9-7-8-16-14(12(9)11)13(10)17-15-2/h3,7-8,11H,1,4-6H2,2H3. The molecule has 0 amide bonds. The monoisotopic (exact) mass is 225 g/mol. The fraction of sp³-hybridized carbons (Fsp3) is 0.357. The molecule has 0 saturated heterocycles. The van der Waals surface area contributed by atoms with E-state index < -0.39 is 0 Å². The van der Waals surface area contributed by atoms with Gasteiger partial charge in [0.1, 0.15) is 5.70 Å². The number of hydrogen-bond acceptors (Lipinski definition) is 3. The van der Waals surface area contributed by atoms with Gasteiger partial charge in [-0.3, -0.25) is 4.98 Å². The normalized spacial score (nSPS) is 22.1. The zero-order valence-corrected chi connectivity index (χ0v) is 9.98. The van der Waals surface area contributed by atoms with Gasteiger partial charge in [0.2, 0.25) is 0 Å². The Labute approximate surface area is 101 Å². The largest absolute Gasteiger partial charge is 0.254 e. The van der Waals surface area contributed by atoms with E-state index in [1.807, 2.05) is 12.3 Å². The highest BCUT2D eigenvalue weighted by Crippen LogP contribution is 2.48. The van der Waals surface area contributed by atoms with E-state index in [1.165, 1.54) is 29.5 Å². The van der Waals surface area contributed by atoms with Gasteiger partial charge in [-0.2, -0.15) is 10.2 Å². The third-order valence-corrected chi connectivity index (χ3v) is 3.66. The number of hydrogen-bond donors (Lipinski definition) is 0. The Hall–Kier alpha value is -1.77. The highest BCUT2D eigenvalue weighted by Gasteiger charge is 2.34. The first-order valence-corrected chi connectivity index (χ1v) is 6.01. The third kappa shape index (κ3) is 1.38. The van der Waals surface area contributed by atoms with Crippen molar-refractivity contribution in [3.8, 4) is 0 Å². The summed E-state index contributed by atoms with van der Waals surface area (Å²) in [5.41, 5.74) is 5.94. The molecule has 3 nitrogen and oxygen atoms in total. The van der Waals surface area contributed by atoms with Gasteiger partial charge in [0.05, 0.1) is 5.69 Å². The Morgan fingerprint density at radius 1 is 1.53 bits per heavy atom. The van der Waals surface area contributed by atoms with Crippen molar-refractivity contribution in [2.45, 2.75) is 25.2 Å². The molecule has 0 aliphatic heterocycles. The Bertz CT molecular complexity index is 540. The molecule has 3 heteroatoms. The van der Waals surface area contributed by atoms with Crippen LogP contribution in [0.1, 0.15) is 35.6 Å². The van der Waals surface area contributed by atoms with Crippen LogP contribution in [0.25, 0.3) is 5.70 Å². The number of rotatable bonds is 2. The molecular weight excluding hydrogens is 210 g/mol. The summed E-state index contributed by atoms with van der Waals surface area (Å²) in [7, 11) is 1.70. The van der Waals surface area contributed by atoms with E-state index in [9.17, 15) is 0 Å². The molecule has 0 fully saturated rings. The van der Waals surface area contributed by atoms with Crippen LogP contribution in [0.4, 0.5) is 0 Å². The maximum atomic E-state index is 4.49. The molecule has 0 radical (unpaired) electrons. The molecule has 1 aromatic heterocycles. The molecule has 0 N–H and O–H groups in total. The van der Waals surface area contributed by atoms with E-state index in [1.54, 1.807) is 7.05 Å². The van der Waals surface area contributed by atoms with E-state index in [4.69, 9.17) is 0 Å². The average molecular weight is 225 g/mol. The first kappa shape index (κ1) is 10.4. The Morgan fingerprint density at radius 2 is 2.41 bits per heavy atom. The fourth-order valence-electron chi connectivity index (χ4n) is 3.01. The Balaban J connectivity index is 2.27. The number of pyridine rings is 1. The molecule has 1 aromatic rings. The van der Waals surface area contributed by atoms with Crippen molar-refractivity contribution in [2.24, 2.45) is 10.2 Å². The predicted molar refractivity (Wildman–Crippen MR) is 67.8 cm³/mol. The fourth-order valence-corrected chi connectivity index (χ4v) is 3.01. The minimum absolute atomic E-state index is 0.445. The number of azo groups is 1. The SMILES string of the molecule is C=CC1=C(N=NC)c2nccc3c2C1CCC3. The van der Waals surface area contributed by atoms with Gasteiger partial charge >= 0.3 is 0 Å². The number of nitrogens with zero attached hydrogens (tertiary/aromatic N) is 3. The lowest BCUT2D eigenvalue weighted by molar-refractivity contribution is 0.621. The van der Waals surface area contributed by atoms with Gasteiger partial charge in [0.25, 0.3) is 0 Å². The van der Waals surface area contributed by atoms with Crippen LogP contribution in [0, 0.1) is 0 Å². The van der Waals surface area contributed by atoms with Gasteiger partial charge in [0, 0.05) is 19.2 Å². The van der Waals surface area contributed by atoms with E-state index in [0.717, 1.165) is 17.8 Å². The third-order valence-electron chi connectivity index (χ3n) is 3.66. The maximum Gasteiger partial charge on any atom is 0.115 e. The van der Waals surface area contributed by atoms with Crippen molar-refractivity contribution >= 4 is 5.70 Å². The van der Waals surface area contributed by atoms with Crippen molar-refractivity contribution in [1.82, 2.24) is 4.98 Å². The number of aryl methyl sites for hydroxylation is 1.